The second-order valence-electron chi connectivity index (χ2n) is 6.41. The second-order valence-corrected chi connectivity index (χ2v) is 6.41. The van der Waals surface area contributed by atoms with Crippen LogP contribution < -0.4 is 0 Å². The summed E-state index contributed by atoms with van der Waals surface area (Å²) in [6.07, 6.45) is 8.88. The molecule has 0 aliphatic heterocycles. The van der Waals surface area contributed by atoms with Crippen LogP contribution in [0.3, 0.4) is 0 Å². The van der Waals surface area contributed by atoms with Crippen LogP contribution in [0.25, 0.3) is 0 Å². The lowest BCUT2D eigenvalue weighted by molar-refractivity contribution is -0.140. The summed E-state index contributed by atoms with van der Waals surface area (Å²) in [5.74, 6) is 0.107. The van der Waals surface area contributed by atoms with Crippen LogP contribution >= 0.6 is 0 Å². The Morgan fingerprint density at radius 2 is 1.61 bits per heavy atom. The number of aliphatic hydroxyl groups is 1. The van der Waals surface area contributed by atoms with Crippen LogP contribution in [0.4, 0.5) is 0 Å². The molecule has 1 rings (SSSR count). The number of hydrogen-bond donors (Lipinski definition) is 1. The van der Waals surface area contributed by atoms with Gasteiger partial charge in [0, 0.05) is 18.0 Å². The molecule has 0 heterocycles. The van der Waals surface area contributed by atoms with E-state index in [0.29, 0.717) is 6.04 Å². The van der Waals surface area contributed by atoms with Gasteiger partial charge in [0.2, 0.25) is 5.91 Å². The van der Waals surface area contributed by atoms with Crippen molar-refractivity contribution < 1.29 is 9.90 Å². The number of nitrogens with zero attached hydrogens (tertiary/aromatic N) is 1. The maximum Gasteiger partial charge on any atom is 0.225 e. The van der Waals surface area contributed by atoms with Crippen molar-refractivity contribution in [1.82, 2.24) is 4.90 Å². The molecule has 3 heteroatoms. The lowest BCUT2D eigenvalue weighted by Crippen LogP contribution is -2.52. The fraction of sp³-hybridized carbons (Fsp3) is 0.933. The highest BCUT2D eigenvalue weighted by atomic mass is 16.3. The fourth-order valence-electron chi connectivity index (χ4n) is 3.03. The number of carbonyl (C=O) groups excluding carboxylic acids is 1. The summed E-state index contributed by atoms with van der Waals surface area (Å²) in [5, 5.41) is 9.00. The first-order valence-corrected chi connectivity index (χ1v) is 7.40. The average Bonchev–Trinajstić information content (AvgIpc) is 2.19. The minimum Gasteiger partial charge on any atom is -0.396 e. The Balaban J connectivity index is 2.76. The van der Waals surface area contributed by atoms with E-state index in [0.717, 1.165) is 12.8 Å². The zero-order valence-electron chi connectivity index (χ0n) is 12.2. The minimum absolute atomic E-state index is 0.0435. The molecule has 106 valence electrons. The van der Waals surface area contributed by atoms with Crippen molar-refractivity contribution in [2.24, 2.45) is 0 Å². The molecule has 0 spiro atoms. The van der Waals surface area contributed by atoms with Gasteiger partial charge in [-0.15, -0.1) is 0 Å². The molecule has 18 heavy (non-hydrogen) atoms. The van der Waals surface area contributed by atoms with E-state index in [2.05, 4.69) is 20.8 Å². The molecule has 0 unspecified atom stereocenters. The summed E-state index contributed by atoms with van der Waals surface area (Å²) in [7, 11) is 0. The van der Waals surface area contributed by atoms with E-state index >= 15 is 0 Å². The van der Waals surface area contributed by atoms with Gasteiger partial charge < -0.3 is 10.0 Å². The van der Waals surface area contributed by atoms with E-state index in [9.17, 15) is 4.79 Å². The van der Waals surface area contributed by atoms with Crippen molar-refractivity contribution >= 4 is 5.91 Å². The molecule has 1 saturated carbocycles. The normalized spacial score (nSPS) is 19.1. The summed E-state index contributed by atoms with van der Waals surface area (Å²) in [5.41, 5.74) is -0.143. The summed E-state index contributed by atoms with van der Waals surface area (Å²) < 4.78 is 0. The van der Waals surface area contributed by atoms with Crippen LogP contribution in [0.15, 0.2) is 0 Å². The first-order valence-electron chi connectivity index (χ1n) is 7.40. The van der Waals surface area contributed by atoms with E-state index in [1.54, 1.807) is 0 Å². The lowest BCUT2D eigenvalue weighted by atomic mass is 9.91. The SMILES string of the molecule is CC(C)(C)N(C(=O)CCO)C1CCCCCCC1. The third-order valence-corrected chi connectivity index (χ3v) is 3.76. The van der Waals surface area contributed by atoms with Gasteiger partial charge in [0.15, 0.2) is 0 Å². The quantitative estimate of drug-likeness (QED) is 0.842. The monoisotopic (exact) mass is 255 g/mol. The molecule has 1 aliphatic rings. The molecule has 1 N–H and O–H groups in total. The van der Waals surface area contributed by atoms with Crippen molar-refractivity contribution in [2.45, 2.75) is 83.7 Å². The second kappa shape index (κ2) is 7.13. The topological polar surface area (TPSA) is 40.5 Å². The van der Waals surface area contributed by atoms with E-state index in [1.165, 1.54) is 32.1 Å². The van der Waals surface area contributed by atoms with Gasteiger partial charge in [-0.1, -0.05) is 32.1 Å². The molecule has 0 aromatic carbocycles. The van der Waals surface area contributed by atoms with E-state index in [1.807, 2.05) is 4.90 Å². The highest BCUT2D eigenvalue weighted by Gasteiger charge is 2.32. The van der Waals surface area contributed by atoms with Crippen LogP contribution in [-0.4, -0.2) is 34.1 Å². The van der Waals surface area contributed by atoms with Gasteiger partial charge in [-0.25, -0.2) is 0 Å². The third kappa shape index (κ3) is 4.60. The maximum absolute atomic E-state index is 12.3. The molecular weight excluding hydrogens is 226 g/mol. The van der Waals surface area contributed by atoms with Crippen molar-refractivity contribution in [3.05, 3.63) is 0 Å². The number of rotatable bonds is 3. The third-order valence-electron chi connectivity index (χ3n) is 3.76. The van der Waals surface area contributed by atoms with Crippen LogP contribution in [0, 0.1) is 0 Å². The fourth-order valence-corrected chi connectivity index (χ4v) is 3.03. The molecule has 0 aromatic heterocycles. The Labute approximate surface area is 112 Å². The van der Waals surface area contributed by atoms with E-state index < -0.39 is 0 Å². The summed E-state index contributed by atoms with van der Waals surface area (Å²) in [6, 6.07) is 0.365. The van der Waals surface area contributed by atoms with E-state index in [4.69, 9.17) is 5.11 Å². The molecule has 1 aliphatic carbocycles. The smallest absolute Gasteiger partial charge is 0.225 e. The largest absolute Gasteiger partial charge is 0.396 e. The Hall–Kier alpha value is -0.570. The van der Waals surface area contributed by atoms with Gasteiger partial charge in [-0.05, 0) is 33.6 Å². The number of aliphatic hydroxyl groups excluding tert-OH is 1. The van der Waals surface area contributed by atoms with Crippen LogP contribution in [0.2, 0.25) is 0 Å². The van der Waals surface area contributed by atoms with Gasteiger partial charge in [-0.3, -0.25) is 4.79 Å². The van der Waals surface area contributed by atoms with E-state index in [-0.39, 0.29) is 24.5 Å². The zero-order valence-corrected chi connectivity index (χ0v) is 12.2. The molecule has 1 fully saturated rings. The molecular formula is C15H29NO2. The van der Waals surface area contributed by atoms with Crippen molar-refractivity contribution in [2.75, 3.05) is 6.61 Å². The summed E-state index contributed by atoms with van der Waals surface area (Å²) in [6.45, 7) is 6.25. The Morgan fingerprint density at radius 1 is 1.11 bits per heavy atom. The molecule has 0 atom stereocenters. The van der Waals surface area contributed by atoms with Crippen molar-refractivity contribution in [3.8, 4) is 0 Å². The highest BCUT2D eigenvalue weighted by Crippen LogP contribution is 2.27. The maximum atomic E-state index is 12.3. The van der Waals surface area contributed by atoms with Crippen molar-refractivity contribution in [3.63, 3.8) is 0 Å². The average molecular weight is 255 g/mol. The number of carbonyl (C=O) groups is 1. The van der Waals surface area contributed by atoms with Crippen molar-refractivity contribution in [1.29, 1.82) is 0 Å². The van der Waals surface area contributed by atoms with Gasteiger partial charge in [0.1, 0.15) is 0 Å². The Kier molecular flexibility index (Phi) is 6.13. The first kappa shape index (κ1) is 15.5. The minimum atomic E-state index is -0.143. The first-order chi connectivity index (χ1) is 8.46. The van der Waals surface area contributed by atoms with Crippen LogP contribution in [0.1, 0.15) is 72.1 Å². The number of amides is 1. The Bertz CT molecular complexity index is 250. The highest BCUT2D eigenvalue weighted by molar-refractivity contribution is 5.77. The predicted octanol–water partition coefficient (Wildman–Crippen LogP) is 3.11. The van der Waals surface area contributed by atoms with Crippen LogP contribution in [0.5, 0.6) is 0 Å². The molecule has 0 aromatic rings. The Morgan fingerprint density at radius 3 is 2.06 bits per heavy atom. The van der Waals surface area contributed by atoms with Crippen LogP contribution in [-0.2, 0) is 4.79 Å². The van der Waals surface area contributed by atoms with Gasteiger partial charge in [-0.2, -0.15) is 0 Å². The number of hydrogen-bond acceptors (Lipinski definition) is 2. The van der Waals surface area contributed by atoms with Gasteiger partial charge in [0.05, 0.1) is 6.61 Å². The molecule has 0 bridgehead atoms. The lowest BCUT2D eigenvalue weighted by Gasteiger charge is -2.42. The molecule has 1 amide bonds. The molecule has 0 radical (unpaired) electrons. The molecule has 3 nitrogen and oxygen atoms in total. The van der Waals surface area contributed by atoms with Gasteiger partial charge in [0.25, 0.3) is 0 Å². The summed E-state index contributed by atoms with van der Waals surface area (Å²) >= 11 is 0. The predicted molar refractivity (Wildman–Crippen MR) is 74.4 cm³/mol. The molecule has 0 saturated heterocycles. The van der Waals surface area contributed by atoms with Gasteiger partial charge >= 0.3 is 0 Å². The zero-order chi connectivity index (χ0) is 13.6. The standard InChI is InChI=1S/C15H29NO2/c1-15(2,3)16(14(18)11-12-17)13-9-7-5-4-6-8-10-13/h13,17H,4-12H2,1-3H3. The summed E-state index contributed by atoms with van der Waals surface area (Å²) in [4.78, 5) is 14.3.